The van der Waals surface area contributed by atoms with Gasteiger partial charge >= 0.3 is 69.7 Å². The number of nitrogens with zero attached hydrogens (tertiary/aromatic N) is 2. The van der Waals surface area contributed by atoms with Crippen molar-refractivity contribution in [3.63, 3.8) is 0 Å². The van der Waals surface area contributed by atoms with Gasteiger partial charge in [0.1, 0.15) is 12.3 Å². The van der Waals surface area contributed by atoms with Crippen LogP contribution in [0.15, 0.2) is 120 Å². The van der Waals surface area contributed by atoms with E-state index in [1.165, 1.54) is 0 Å². The van der Waals surface area contributed by atoms with E-state index in [-0.39, 0.29) is 78.6 Å². The second-order valence-electron chi connectivity index (χ2n) is 15.8. The largest absolute Gasteiger partial charge is 1.00 e. The molecule has 3 aromatic rings. The first-order valence-electron chi connectivity index (χ1n) is 20.1. The van der Waals surface area contributed by atoms with E-state index in [1.54, 1.807) is 12.1 Å². The van der Waals surface area contributed by atoms with Crippen molar-refractivity contribution in [3.8, 4) is 5.75 Å². The van der Waals surface area contributed by atoms with Crippen LogP contribution >= 0.6 is 0 Å². The van der Waals surface area contributed by atoms with Gasteiger partial charge < -0.3 is 23.5 Å². The summed E-state index contributed by atoms with van der Waals surface area (Å²) in [5.41, 5.74) is 7.00. The van der Waals surface area contributed by atoms with Gasteiger partial charge in [0.05, 0.1) is 32.3 Å². The molecule has 0 N–H and O–H groups in total. The summed E-state index contributed by atoms with van der Waals surface area (Å²) in [6.07, 6.45) is 12.2. The predicted molar refractivity (Wildman–Crippen MR) is 232 cm³/mol. The Kier molecular flexibility index (Phi) is 21.1. The van der Waals surface area contributed by atoms with E-state index in [1.807, 2.05) is 48.5 Å². The van der Waals surface area contributed by atoms with Gasteiger partial charge in [0.15, 0.2) is 5.71 Å². The molecule has 0 saturated heterocycles. The normalized spacial score (nSPS) is 19.0. The third-order valence-corrected chi connectivity index (χ3v) is 12.8. The molecule has 332 valence electrons. The number of allylic oxidation sites excluding steroid dienone is 7. The Morgan fingerprint density at radius 1 is 0.828 bits per heavy atom. The maximum atomic E-state index is 11.6. The maximum absolute atomic E-state index is 11.6. The van der Waals surface area contributed by atoms with Crippen molar-refractivity contribution in [2.45, 2.75) is 76.5 Å². The third-order valence-electron chi connectivity index (χ3n) is 11.3. The average Bonchev–Trinajstić information content (AvgIpc) is 3.57. The number of benzene rings is 3. The smallest absolute Gasteiger partial charge is 0.748 e. The summed E-state index contributed by atoms with van der Waals surface area (Å²) < 4.78 is 109. The van der Waals surface area contributed by atoms with E-state index in [0.29, 0.717) is 43.9 Å². The van der Waals surface area contributed by atoms with E-state index >= 15 is 0 Å². The molecule has 0 fully saturated rings. The third kappa shape index (κ3) is 14.6. The zero-order valence-corrected chi connectivity index (χ0v) is 43.3. The molecule has 0 amide bonds. The molecule has 2 heterocycles. The summed E-state index contributed by atoms with van der Waals surface area (Å²) >= 11 is 0. The van der Waals surface area contributed by atoms with Gasteiger partial charge in [0.2, 0.25) is 5.69 Å². The van der Waals surface area contributed by atoms with Crippen LogP contribution < -0.4 is 68.8 Å². The Morgan fingerprint density at radius 2 is 1.45 bits per heavy atom. The zero-order chi connectivity index (χ0) is 45.1. The summed E-state index contributed by atoms with van der Waals surface area (Å²) in [6, 6.07) is 26.4. The predicted octanol–water partition coefficient (Wildman–Crippen LogP) is 0.352. The van der Waals surface area contributed by atoms with Crippen LogP contribution in [0.3, 0.4) is 0 Å². The van der Waals surface area contributed by atoms with Gasteiger partial charge in [0, 0.05) is 64.7 Å². The summed E-state index contributed by atoms with van der Waals surface area (Å²) in [6.45, 7) is 7.80. The minimum atomic E-state index is -4.41. The average molecular weight is 953 g/mol. The Morgan fingerprint density at radius 3 is 2.11 bits per heavy atom. The van der Waals surface area contributed by atoms with E-state index in [4.69, 9.17) is 22.1 Å². The number of hydrogen-bond donors (Lipinski definition) is 0. The molecule has 2 aliphatic heterocycles. The molecule has 14 nitrogen and oxygen atoms in total. The number of para-hydroxylation sites is 2. The van der Waals surface area contributed by atoms with Crippen molar-refractivity contribution < 1.29 is 117 Å². The van der Waals surface area contributed by atoms with Crippen LogP contribution in [0, 0.1) is 6.07 Å². The minimum absolute atomic E-state index is 0. The monoisotopic (exact) mass is 952 g/mol. The number of hydrogen-bond acceptors (Lipinski definition) is 13. The van der Waals surface area contributed by atoms with Crippen molar-refractivity contribution in [1.82, 2.24) is 0 Å². The molecule has 3 aromatic carbocycles. The zero-order valence-electron chi connectivity index (χ0n) is 36.8. The summed E-state index contributed by atoms with van der Waals surface area (Å²) in [5.74, 6) is 0.431. The van der Waals surface area contributed by atoms with Crippen molar-refractivity contribution in [2.75, 3.05) is 36.1 Å². The van der Waals surface area contributed by atoms with Crippen LogP contribution in [0.25, 0.3) is 0 Å². The van der Waals surface area contributed by atoms with Gasteiger partial charge in [-0.05, 0) is 94.2 Å². The van der Waals surface area contributed by atoms with Crippen LogP contribution in [0.5, 0.6) is 5.75 Å². The van der Waals surface area contributed by atoms with Gasteiger partial charge in [-0.2, -0.15) is 22.8 Å². The molecule has 0 aromatic heterocycles. The van der Waals surface area contributed by atoms with Crippen LogP contribution in [-0.2, 0) is 51.2 Å². The molecule has 3 aliphatic rings. The van der Waals surface area contributed by atoms with Gasteiger partial charge in [-0.15, -0.1) is 24.8 Å². The first-order chi connectivity index (χ1) is 29.4. The molecule has 0 bridgehead atoms. The Balaban J connectivity index is 0.00000174. The molecule has 0 spiro atoms. The molecular formula is C45H50N2Na2O12S3. The Hall–Kier alpha value is -3.20. The molecule has 0 saturated carbocycles. The van der Waals surface area contributed by atoms with Crippen LogP contribution in [0.2, 0.25) is 0 Å². The van der Waals surface area contributed by atoms with Crippen LogP contribution in [0.4, 0.5) is 11.4 Å². The molecule has 19 heteroatoms. The summed E-state index contributed by atoms with van der Waals surface area (Å²) in [7, 11) is -11.9. The fraction of sp³-hybridized carbons (Fsp3) is 0.378. The second-order valence-corrected chi connectivity index (χ2v) is 19.3. The standard InChI is InChI=1S/C45H52N2O9S2.2Na.O3S/c1-44(2)37-19-7-9-21-39(37)46(28-13-31-57(49,50)51)41(44)25-23-34-15-11-16-35(43(34)56-36-17-5-4-6-18-36)24-26-42-45(3,27-12-30-55-33-48)38-20-8-10-22-40(38)47(42)29-14-32-58(52,53)54;;;1-4(2)3/h5-10,17-26,33H,11-16,27-32H2,1-3H3,(H,49,50,51)(H,52,53,54);;;/q;2*+1;/p-2. The number of carbonyl (C=O) groups is 1. The Labute approximate surface area is 422 Å². The fourth-order valence-corrected chi connectivity index (χ4v) is 9.49. The molecule has 1 aliphatic carbocycles. The molecular weight excluding hydrogens is 903 g/mol. The molecule has 6 rings (SSSR count). The van der Waals surface area contributed by atoms with Crippen molar-refractivity contribution >= 4 is 54.4 Å². The van der Waals surface area contributed by atoms with Crippen molar-refractivity contribution in [1.29, 1.82) is 0 Å². The SMILES string of the molecule is CC1(C)C(/C=C/C2=C(Oc3cc[c-]cc3)C(=C/C=C3/N(CCCS(=O)(=O)[O-])c4ccccc4C3(C)CCCOC=O)/CCC2)=[N+](CCCS(=O)(=O)[O-])c2ccccc21.O=S(=O)=O.[Na+].[Na+]. The summed E-state index contributed by atoms with van der Waals surface area (Å²) in [5, 5.41) is 0. The van der Waals surface area contributed by atoms with Crippen molar-refractivity contribution in [3.05, 3.63) is 137 Å². The van der Waals surface area contributed by atoms with Gasteiger partial charge in [0.25, 0.3) is 6.47 Å². The molecule has 0 radical (unpaired) electrons. The first kappa shape index (κ1) is 55.1. The second kappa shape index (κ2) is 24.5. The van der Waals surface area contributed by atoms with Crippen LogP contribution in [0.1, 0.15) is 76.8 Å². The molecule has 64 heavy (non-hydrogen) atoms. The number of fused-ring (bicyclic) bond motifs is 2. The van der Waals surface area contributed by atoms with E-state index < -0.39 is 53.2 Å². The number of rotatable bonds is 18. The maximum Gasteiger partial charge on any atom is 1.00 e. The first-order valence-corrected chi connectivity index (χ1v) is 24.3. The summed E-state index contributed by atoms with van der Waals surface area (Å²) in [4.78, 5) is 13.1. The van der Waals surface area contributed by atoms with E-state index in [2.05, 4.69) is 72.7 Å². The topological polar surface area (TPSA) is 207 Å². The molecule has 1 unspecified atom stereocenters. The number of anilines is 1. The van der Waals surface area contributed by atoms with Gasteiger partial charge in [-0.3, -0.25) is 4.79 Å². The van der Waals surface area contributed by atoms with Gasteiger partial charge in [-0.1, -0.05) is 42.5 Å². The Bertz CT molecular complexity index is 2620. The number of ether oxygens (including phenoxy) is 2. The van der Waals surface area contributed by atoms with Crippen LogP contribution in [-0.4, -0.2) is 86.5 Å². The van der Waals surface area contributed by atoms with E-state index in [0.717, 1.165) is 64.3 Å². The molecule has 1 atom stereocenters. The fourth-order valence-electron chi connectivity index (χ4n) is 8.52. The van der Waals surface area contributed by atoms with Gasteiger partial charge in [-0.25, -0.2) is 16.8 Å². The minimum Gasteiger partial charge on any atom is -0.748 e. The van der Waals surface area contributed by atoms with Crippen molar-refractivity contribution in [2.24, 2.45) is 0 Å². The number of carbonyl (C=O) groups excluding carboxylic acids is 1. The quantitative estimate of drug-likeness (QED) is 0.0422. The van der Waals surface area contributed by atoms with E-state index in [9.17, 15) is 30.7 Å².